The number of hydrogen-bond acceptors (Lipinski definition) is 5. The molecule has 1 heterocycles. The van der Waals surface area contributed by atoms with Crippen molar-refractivity contribution < 1.29 is 23.8 Å². The molecule has 0 unspecified atom stereocenters. The summed E-state index contributed by atoms with van der Waals surface area (Å²) in [5.41, 5.74) is 0.668. The first-order valence-electron chi connectivity index (χ1n) is 6.75. The van der Waals surface area contributed by atoms with E-state index in [1.807, 2.05) is 0 Å². The highest BCUT2D eigenvalue weighted by Gasteiger charge is 2.12. The first-order chi connectivity index (χ1) is 11.0. The van der Waals surface area contributed by atoms with Gasteiger partial charge in [0.15, 0.2) is 6.10 Å². The lowest BCUT2D eigenvalue weighted by atomic mass is 10.3. The summed E-state index contributed by atoms with van der Waals surface area (Å²) in [4.78, 5) is 15.0. The van der Waals surface area contributed by atoms with Crippen LogP contribution < -0.4 is 9.47 Å². The highest BCUT2D eigenvalue weighted by Crippen LogP contribution is 2.32. The number of halogens is 1. The molecule has 0 radical (unpaired) electrons. The molecule has 1 atom stereocenters. The summed E-state index contributed by atoms with van der Waals surface area (Å²) in [6.45, 7) is 1.45. The molecule has 0 aliphatic rings. The predicted molar refractivity (Wildman–Crippen MR) is 83.8 cm³/mol. The third kappa shape index (κ3) is 3.57. The van der Waals surface area contributed by atoms with E-state index in [0.717, 1.165) is 0 Å². The van der Waals surface area contributed by atoms with Crippen LogP contribution in [0.1, 0.15) is 6.92 Å². The van der Waals surface area contributed by atoms with E-state index in [0.29, 0.717) is 26.9 Å². The van der Waals surface area contributed by atoms with Crippen LogP contribution in [0.15, 0.2) is 42.5 Å². The van der Waals surface area contributed by atoms with Crippen LogP contribution in [0.2, 0.25) is 0 Å². The Labute approximate surface area is 134 Å². The van der Waals surface area contributed by atoms with Crippen LogP contribution in [0.4, 0.5) is 4.39 Å². The van der Waals surface area contributed by atoms with Crippen LogP contribution in [-0.4, -0.2) is 22.2 Å². The summed E-state index contributed by atoms with van der Waals surface area (Å²) < 4.78 is 24.7. The number of nitrogens with zero attached hydrogens (tertiary/aromatic N) is 1. The third-order valence-corrected chi connectivity index (χ3v) is 3.92. The van der Waals surface area contributed by atoms with Gasteiger partial charge >= 0.3 is 5.97 Å². The van der Waals surface area contributed by atoms with Crippen molar-refractivity contribution in [3.63, 3.8) is 0 Å². The Morgan fingerprint density at radius 1 is 1.22 bits per heavy atom. The fraction of sp³-hybridized carbons (Fsp3) is 0.125. The van der Waals surface area contributed by atoms with Gasteiger partial charge < -0.3 is 14.6 Å². The van der Waals surface area contributed by atoms with E-state index < -0.39 is 12.1 Å². The predicted octanol–water partition coefficient (Wildman–Crippen LogP) is 4.08. The lowest BCUT2D eigenvalue weighted by Gasteiger charge is -2.10. The van der Waals surface area contributed by atoms with E-state index in [2.05, 4.69) is 4.98 Å². The molecule has 1 N–H and O–H groups in total. The normalized spacial score (nSPS) is 12.1. The minimum Gasteiger partial charge on any atom is -0.479 e. The number of rotatable bonds is 5. The monoisotopic (exact) mass is 333 g/mol. The van der Waals surface area contributed by atoms with E-state index in [4.69, 9.17) is 14.6 Å². The zero-order valence-electron chi connectivity index (χ0n) is 12.0. The molecule has 0 saturated carbocycles. The lowest BCUT2D eigenvalue weighted by molar-refractivity contribution is -0.144. The molecule has 23 heavy (non-hydrogen) atoms. The molecular weight excluding hydrogens is 321 g/mol. The SMILES string of the molecule is C[C@@H](Oc1ccc(Oc2nc3ccc(F)cc3s2)cc1)C(=O)O. The van der Waals surface area contributed by atoms with Crippen molar-refractivity contribution in [2.45, 2.75) is 13.0 Å². The number of thiazole rings is 1. The first-order valence-corrected chi connectivity index (χ1v) is 7.56. The van der Waals surface area contributed by atoms with E-state index in [1.54, 1.807) is 30.3 Å². The Morgan fingerprint density at radius 3 is 2.61 bits per heavy atom. The molecule has 3 aromatic rings. The number of aliphatic carboxylic acids is 1. The maximum atomic E-state index is 13.2. The Kier molecular flexibility index (Phi) is 4.12. The summed E-state index contributed by atoms with van der Waals surface area (Å²) in [5.74, 6) is -0.396. The van der Waals surface area contributed by atoms with Crippen molar-refractivity contribution in [2.75, 3.05) is 0 Å². The van der Waals surface area contributed by atoms with Crippen LogP contribution >= 0.6 is 11.3 Å². The van der Waals surface area contributed by atoms with E-state index >= 15 is 0 Å². The van der Waals surface area contributed by atoms with E-state index in [1.165, 1.54) is 30.4 Å². The highest BCUT2D eigenvalue weighted by atomic mass is 32.1. The van der Waals surface area contributed by atoms with Crippen LogP contribution in [0, 0.1) is 5.82 Å². The van der Waals surface area contributed by atoms with Gasteiger partial charge in [0.2, 0.25) is 0 Å². The molecule has 0 aliphatic heterocycles. The van der Waals surface area contributed by atoms with Gasteiger partial charge in [-0.1, -0.05) is 11.3 Å². The number of ether oxygens (including phenoxy) is 2. The number of fused-ring (bicyclic) bond motifs is 1. The Hall–Kier alpha value is -2.67. The second-order valence-corrected chi connectivity index (χ2v) is 5.76. The maximum Gasteiger partial charge on any atom is 0.344 e. The maximum absolute atomic E-state index is 13.2. The fourth-order valence-corrected chi connectivity index (χ4v) is 2.72. The second kappa shape index (κ2) is 6.21. The van der Waals surface area contributed by atoms with Crippen LogP contribution in [0.3, 0.4) is 0 Å². The highest BCUT2D eigenvalue weighted by molar-refractivity contribution is 7.20. The zero-order valence-corrected chi connectivity index (χ0v) is 12.8. The van der Waals surface area contributed by atoms with Crippen LogP contribution in [0.5, 0.6) is 16.7 Å². The molecule has 0 spiro atoms. The average molecular weight is 333 g/mol. The molecular formula is C16H12FNO4S. The summed E-state index contributed by atoms with van der Waals surface area (Å²) in [5, 5.41) is 9.20. The number of carboxylic acid groups (broad SMARTS) is 1. The molecule has 0 amide bonds. The second-order valence-electron chi connectivity index (χ2n) is 4.76. The summed E-state index contributed by atoms with van der Waals surface area (Å²) in [6, 6.07) is 10.9. The molecule has 0 bridgehead atoms. The minimum atomic E-state index is -1.04. The van der Waals surface area contributed by atoms with Gasteiger partial charge in [-0.25, -0.2) is 14.2 Å². The van der Waals surface area contributed by atoms with Gasteiger partial charge in [-0.15, -0.1) is 0 Å². The standard InChI is InChI=1S/C16H12FNO4S/c1-9(15(19)20)21-11-3-5-12(6-4-11)22-16-18-13-7-2-10(17)8-14(13)23-16/h2-9H,1H3,(H,19,20)/t9-/m1/s1. The molecule has 1 aromatic heterocycles. The molecule has 5 nitrogen and oxygen atoms in total. The van der Waals surface area contributed by atoms with Crippen molar-refractivity contribution >= 4 is 27.5 Å². The third-order valence-electron chi connectivity index (χ3n) is 3.02. The van der Waals surface area contributed by atoms with Gasteiger partial charge in [0.05, 0.1) is 10.2 Å². The van der Waals surface area contributed by atoms with Crippen LogP contribution in [-0.2, 0) is 4.79 Å². The smallest absolute Gasteiger partial charge is 0.344 e. The van der Waals surface area contributed by atoms with Gasteiger partial charge in [-0.05, 0) is 49.4 Å². The zero-order chi connectivity index (χ0) is 16.4. The summed E-state index contributed by atoms with van der Waals surface area (Å²) >= 11 is 1.24. The number of aromatic nitrogens is 1. The van der Waals surface area contributed by atoms with Gasteiger partial charge in [0.25, 0.3) is 5.19 Å². The molecule has 0 aliphatic carbocycles. The Balaban J connectivity index is 1.73. The summed E-state index contributed by atoms with van der Waals surface area (Å²) in [7, 11) is 0. The van der Waals surface area contributed by atoms with Gasteiger partial charge in [0, 0.05) is 0 Å². The molecule has 118 valence electrons. The van der Waals surface area contributed by atoms with Crippen LogP contribution in [0.25, 0.3) is 10.2 Å². The number of benzene rings is 2. The van der Waals surface area contributed by atoms with Crippen molar-refractivity contribution in [3.05, 3.63) is 48.3 Å². The molecule has 0 fully saturated rings. The van der Waals surface area contributed by atoms with Crippen molar-refractivity contribution in [2.24, 2.45) is 0 Å². The first kappa shape index (κ1) is 15.2. The molecule has 2 aromatic carbocycles. The average Bonchev–Trinajstić information content (AvgIpc) is 2.90. The van der Waals surface area contributed by atoms with Gasteiger partial charge in [-0.2, -0.15) is 0 Å². The Bertz CT molecular complexity index is 847. The topological polar surface area (TPSA) is 68.7 Å². The number of carboxylic acids is 1. The molecule has 3 rings (SSSR count). The van der Waals surface area contributed by atoms with Crippen molar-refractivity contribution in [1.82, 2.24) is 4.98 Å². The van der Waals surface area contributed by atoms with E-state index in [-0.39, 0.29) is 5.82 Å². The minimum absolute atomic E-state index is 0.318. The van der Waals surface area contributed by atoms with Gasteiger partial charge in [-0.3, -0.25) is 0 Å². The quantitative estimate of drug-likeness (QED) is 0.762. The molecule has 7 heteroatoms. The van der Waals surface area contributed by atoms with E-state index in [9.17, 15) is 9.18 Å². The lowest BCUT2D eigenvalue weighted by Crippen LogP contribution is -2.22. The summed E-state index contributed by atoms with van der Waals surface area (Å²) in [6.07, 6.45) is -0.930. The van der Waals surface area contributed by atoms with Gasteiger partial charge in [0.1, 0.15) is 17.3 Å². The van der Waals surface area contributed by atoms with Crippen molar-refractivity contribution in [1.29, 1.82) is 0 Å². The largest absolute Gasteiger partial charge is 0.479 e. The fourth-order valence-electron chi connectivity index (χ4n) is 1.86. The number of carbonyl (C=O) groups is 1. The Morgan fingerprint density at radius 2 is 1.91 bits per heavy atom. The van der Waals surface area contributed by atoms with Crippen molar-refractivity contribution in [3.8, 4) is 16.7 Å². The molecule has 0 saturated heterocycles. The number of hydrogen-bond donors (Lipinski definition) is 1.